The predicted octanol–water partition coefficient (Wildman–Crippen LogP) is 6.26. The molecule has 0 N–H and O–H groups in total. The molecule has 0 fully saturated rings. The highest BCUT2D eigenvalue weighted by molar-refractivity contribution is 7.11. The van der Waals surface area contributed by atoms with Crippen LogP contribution in [-0.4, -0.2) is 0 Å². The predicted molar refractivity (Wildman–Crippen MR) is 83.5 cm³/mol. The molecule has 1 heterocycles. The van der Waals surface area contributed by atoms with Gasteiger partial charge in [0.1, 0.15) is 0 Å². The third-order valence-corrected chi connectivity index (χ3v) is 3.40. The van der Waals surface area contributed by atoms with E-state index in [4.69, 9.17) is 0 Å². The summed E-state index contributed by atoms with van der Waals surface area (Å²) in [7, 11) is 0. The van der Waals surface area contributed by atoms with E-state index in [0.29, 0.717) is 0 Å². The quantitative estimate of drug-likeness (QED) is 0.510. The second-order valence-corrected chi connectivity index (χ2v) is 5.10. The molecule has 0 bridgehead atoms. The summed E-state index contributed by atoms with van der Waals surface area (Å²) in [6.45, 7) is 14.7. The molecule has 0 aromatic carbocycles. The van der Waals surface area contributed by atoms with Crippen LogP contribution < -0.4 is 0 Å². The highest BCUT2D eigenvalue weighted by Crippen LogP contribution is 2.34. The van der Waals surface area contributed by atoms with Crippen molar-refractivity contribution in [1.82, 2.24) is 0 Å². The van der Waals surface area contributed by atoms with Crippen LogP contribution in [0.25, 0.3) is 11.6 Å². The Labute approximate surface area is 111 Å². The van der Waals surface area contributed by atoms with Crippen molar-refractivity contribution in [3.05, 3.63) is 34.0 Å². The van der Waals surface area contributed by atoms with Gasteiger partial charge < -0.3 is 0 Å². The van der Waals surface area contributed by atoms with Crippen molar-refractivity contribution in [2.45, 2.75) is 48.5 Å². The Bertz CT molecular complexity index is 378. The minimum Gasteiger partial charge on any atom is -0.144 e. The SMILES string of the molecule is CC.CC.CC1=CC(C)(C)C=Cc2ccsc21. The van der Waals surface area contributed by atoms with Gasteiger partial charge >= 0.3 is 0 Å². The van der Waals surface area contributed by atoms with Gasteiger partial charge in [-0.25, -0.2) is 0 Å². The molecule has 17 heavy (non-hydrogen) atoms. The van der Waals surface area contributed by atoms with Crippen LogP contribution >= 0.6 is 11.3 Å². The summed E-state index contributed by atoms with van der Waals surface area (Å²) in [4.78, 5) is 1.42. The smallest absolute Gasteiger partial charge is 0.0368 e. The molecule has 0 unspecified atom stereocenters. The van der Waals surface area contributed by atoms with Crippen LogP contribution in [0.15, 0.2) is 23.6 Å². The zero-order valence-corrected chi connectivity index (χ0v) is 13.1. The Kier molecular flexibility index (Phi) is 7.13. The summed E-state index contributed by atoms with van der Waals surface area (Å²) in [6.07, 6.45) is 6.85. The molecule has 0 amide bonds. The molecule has 2 rings (SSSR count). The number of hydrogen-bond acceptors (Lipinski definition) is 1. The molecule has 0 saturated carbocycles. The van der Waals surface area contributed by atoms with Crippen molar-refractivity contribution < 1.29 is 0 Å². The van der Waals surface area contributed by atoms with E-state index in [1.807, 2.05) is 39.0 Å². The molecular formula is C16H26S. The average Bonchev–Trinajstić information content (AvgIpc) is 2.76. The van der Waals surface area contributed by atoms with E-state index in [-0.39, 0.29) is 5.41 Å². The molecule has 0 saturated heterocycles. The van der Waals surface area contributed by atoms with Gasteiger partial charge in [0, 0.05) is 10.3 Å². The zero-order chi connectivity index (χ0) is 13.5. The van der Waals surface area contributed by atoms with Crippen LogP contribution in [0.5, 0.6) is 0 Å². The highest BCUT2D eigenvalue weighted by Gasteiger charge is 2.16. The van der Waals surface area contributed by atoms with Crippen molar-refractivity contribution >= 4 is 23.0 Å². The van der Waals surface area contributed by atoms with Crippen LogP contribution in [0, 0.1) is 5.41 Å². The molecule has 0 aliphatic heterocycles. The summed E-state index contributed by atoms with van der Waals surface area (Å²) >= 11 is 1.83. The lowest BCUT2D eigenvalue weighted by Crippen LogP contribution is -2.01. The van der Waals surface area contributed by atoms with Crippen LogP contribution in [0.1, 0.15) is 58.9 Å². The van der Waals surface area contributed by atoms with Gasteiger partial charge in [-0.1, -0.05) is 59.8 Å². The van der Waals surface area contributed by atoms with Gasteiger partial charge in [0.25, 0.3) is 0 Å². The van der Waals surface area contributed by atoms with Crippen LogP contribution in [0.4, 0.5) is 0 Å². The first-order valence-corrected chi connectivity index (χ1v) is 7.43. The zero-order valence-electron chi connectivity index (χ0n) is 12.3. The average molecular weight is 250 g/mol. The molecular weight excluding hydrogens is 224 g/mol. The van der Waals surface area contributed by atoms with Gasteiger partial charge in [0.2, 0.25) is 0 Å². The Morgan fingerprint density at radius 3 is 2.24 bits per heavy atom. The topological polar surface area (TPSA) is 0 Å². The summed E-state index contributed by atoms with van der Waals surface area (Å²) in [5.74, 6) is 0. The Balaban J connectivity index is 0.000000581. The number of allylic oxidation sites excluding steroid dienone is 3. The maximum absolute atomic E-state index is 2.34. The van der Waals surface area contributed by atoms with Gasteiger partial charge in [0.15, 0.2) is 0 Å². The molecule has 0 nitrogen and oxygen atoms in total. The van der Waals surface area contributed by atoms with Gasteiger partial charge in [0.05, 0.1) is 0 Å². The summed E-state index contributed by atoms with van der Waals surface area (Å²) < 4.78 is 0. The fourth-order valence-electron chi connectivity index (χ4n) is 1.75. The van der Waals surface area contributed by atoms with Gasteiger partial charge in [-0.05, 0) is 29.5 Å². The number of rotatable bonds is 0. The second kappa shape index (κ2) is 7.50. The second-order valence-electron chi connectivity index (χ2n) is 4.19. The fraction of sp³-hybridized carbons (Fsp3) is 0.500. The molecule has 96 valence electrons. The molecule has 0 radical (unpaired) electrons. The lowest BCUT2D eigenvalue weighted by molar-refractivity contribution is 0.631. The first-order valence-electron chi connectivity index (χ1n) is 6.55. The van der Waals surface area contributed by atoms with Crippen LogP contribution in [0.3, 0.4) is 0 Å². The van der Waals surface area contributed by atoms with Crippen molar-refractivity contribution in [1.29, 1.82) is 0 Å². The van der Waals surface area contributed by atoms with E-state index in [2.05, 4.69) is 50.4 Å². The minimum absolute atomic E-state index is 0.197. The fourth-order valence-corrected chi connectivity index (χ4v) is 2.61. The Morgan fingerprint density at radius 2 is 1.65 bits per heavy atom. The molecule has 1 aromatic rings. The van der Waals surface area contributed by atoms with Gasteiger partial charge in [-0.3, -0.25) is 0 Å². The molecule has 1 aromatic heterocycles. The standard InChI is InChI=1S/C12H14S.2C2H6/c1-9-8-12(2,3)6-4-10-5-7-13-11(9)10;2*1-2/h4-8H,1-3H3;2*1-2H3. The van der Waals surface area contributed by atoms with Crippen molar-refractivity contribution in [3.63, 3.8) is 0 Å². The first-order chi connectivity index (χ1) is 8.08. The van der Waals surface area contributed by atoms with Crippen molar-refractivity contribution in [2.75, 3.05) is 0 Å². The van der Waals surface area contributed by atoms with Crippen LogP contribution in [-0.2, 0) is 0 Å². The summed E-state index contributed by atoms with van der Waals surface area (Å²) in [6, 6.07) is 2.19. The maximum Gasteiger partial charge on any atom is 0.0368 e. The third-order valence-electron chi connectivity index (χ3n) is 2.33. The normalized spacial score (nSPS) is 15.4. The van der Waals surface area contributed by atoms with E-state index in [1.54, 1.807) is 0 Å². The molecule has 1 aliphatic rings. The maximum atomic E-state index is 2.34. The number of fused-ring (bicyclic) bond motifs is 1. The third kappa shape index (κ3) is 4.51. The van der Waals surface area contributed by atoms with Crippen molar-refractivity contribution in [3.8, 4) is 0 Å². The summed E-state index contributed by atoms with van der Waals surface area (Å²) in [5.41, 5.74) is 2.97. The summed E-state index contributed by atoms with van der Waals surface area (Å²) in [5, 5.41) is 2.16. The van der Waals surface area contributed by atoms with E-state index in [9.17, 15) is 0 Å². The highest BCUT2D eigenvalue weighted by atomic mass is 32.1. The largest absolute Gasteiger partial charge is 0.144 e. The lowest BCUT2D eigenvalue weighted by atomic mass is 9.92. The van der Waals surface area contributed by atoms with Crippen molar-refractivity contribution in [2.24, 2.45) is 5.41 Å². The molecule has 0 spiro atoms. The van der Waals surface area contributed by atoms with E-state index >= 15 is 0 Å². The monoisotopic (exact) mass is 250 g/mol. The first kappa shape index (κ1) is 16.2. The van der Waals surface area contributed by atoms with Gasteiger partial charge in [-0.2, -0.15) is 0 Å². The Morgan fingerprint density at radius 1 is 1.06 bits per heavy atom. The van der Waals surface area contributed by atoms with E-state index in [1.165, 1.54) is 16.0 Å². The number of thiophene rings is 1. The number of hydrogen-bond donors (Lipinski definition) is 0. The Hall–Kier alpha value is -0.820. The molecule has 1 aliphatic carbocycles. The lowest BCUT2D eigenvalue weighted by Gasteiger charge is -2.13. The van der Waals surface area contributed by atoms with Crippen LogP contribution in [0.2, 0.25) is 0 Å². The van der Waals surface area contributed by atoms with Gasteiger partial charge in [-0.15, -0.1) is 11.3 Å². The minimum atomic E-state index is 0.197. The van der Waals surface area contributed by atoms with E-state index in [0.717, 1.165) is 0 Å². The molecule has 0 atom stereocenters. The van der Waals surface area contributed by atoms with E-state index < -0.39 is 0 Å². The molecule has 1 heteroatoms.